The molecule has 1 aromatic heterocycles. The third-order valence-electron chi connectivity index (χ3n) is 7.93. The fraction of sp³-hybridized carbons (Fsp3) is 0.265. The number of piperazine rings is 1. The number of hydrogen-bond acceptors (Lipinski definition) is 8. The molecule has 0 aliphatic carbocycles. The first-order valence-electron chi connectivity index (χ1n) is 15.4. The van der Waals surface area contributed by atoms with Crippen molar-refractivity contribution in [2.75, 3.05) is 31.5 Å². The lowest BCUT2D eigenvalue weighted by molar-refractivity contribution is -0.133. The summed E-state index contributed by atoms with van der Waals surface area (Å²) in [4.78, 5) is 55.0. The second-order valence-corrected chi connectivity index (χ2v) is 11.8. The molecule has 14 heteroatoms. The van der Waals surface area contributed by atoms with Crippen LogP contribution in [0, 0.1) is 6.92 Å². The molecule has 1 saturated heterocycles. The van der Waals surface area contributed by atoms with Gasteiger partial charge in [0.25, 0.3) is 0 Å². The molecule has 1 aliphatic rings. The average Bonchev–Trinajstić information content (AvgIpc) is 3.62. The van der Waals surface area contributed by atoms with Gasteiger partial charge in [-0.25, -0.2) is 4.79 Å². The van der Waals surface area contributed by atoms with Gasteiger partial charge in [-0.3, -0.25) is 19.3 Å². The van der Waals surface area contributed by atoms with Crippen LogP contribution in [-0.4, -0.2) is 91.0 Å². The van der Waals surface area contributed by atoms with Crippen molar-refractivity contribution in [3.63, 3.8) is 0 Å². The van der Waals surface area contributed by atoms with E-state index in [1.54, 1.807) is 23.1 Å². The zero-order valence-corrected chi connectivity index (χ0v) is 27.0. The van der Waals surface area contributed by atoms with Crippen molar-refractivity contribution in [1.82, 2.24) is 35.3 Å². The maximum Gasteiger partial charge on any atom is 0.335 e. The van der Waals surface area contributed by atoms with Crippen molar-refractivity contribution in [1.29, 1.82) is 0 Å². The highest BCUT2D eigenvalue weighted by Crippen LogP contribution is 2.20. The smallest absolute Gasteiger partial charge is 0.335 e. The van der Waals surface area contributed by atoms with Gasteiger partial charge in [0.2, 0.25) is 17.7 Å². The van der Waals surface area contributed by atoms with E-state index in [4.69, 9.17) is 11.6 Å². The number of aromatic nitrogens is 4. The van der Waals surface area contributed by atoms with Crippen molar-refractivity contribution in [2.45, 2.75) is 32.4 Å². The van der Waals surface area contributed by atoms with Gasteiger partial charge in [-0.05, 0) is 77.9 Å². The van der Waals surface area contributed by atoms with E-state index in [9.17, 15) is 24.3 Å². The molecule has 0 radical (unpaired) electrons. The SMILES string of the molecule is Cc1ccc(CN2CCN(C(=O)CC[C@H](NC(=O)/C=C/c3cc(Cl)ccc3-n3cnnn3)C(=O)Nc3ccc(C(=O)O)cc3)CC2)cc1. The summed E-state index contributed by atoms with van der Waals surface area (Å²) in [5.41, 5.74) is 3.98. The lowest BCUT2D eigenvalue weighted by Crippen LogP contribution is -2.49. The van der Waals surface area contributed by atoms with Gasteiger partial charge in [-0.2, -0.15) is 4.68 Å². The third-order valence-corrected chi connectivity index (χ3v) is 8.17. The minimum Gasteiger partial charge on any atom is -0.478 e. The minimum absolute atomic E-state index is 0.0374. The number of halogens is 1. The van der Waals surface area contributed by atoms with Crippen LogP contribution in [0.3, 0.4) is 0 Å². The molecule has 1 fully saturated rings. The van der Waals surface area contributed by atoms with Crippen LogP contribution in [0.1, 0.15) is 39.9 Å². The molecule has 0 spiro atoms. The number of anilines is 1. The number of carbonyl (C=O) groups excluding carboxylic acids is 3. The summed E-state index contributed by atoms with van der Waals surface area (Å²) in [5.74, 6) is -2.32. The normalized spacial score (nSPS) is 14.1. The zero-order chi connectivity index (χ0) is 34.0. The van der Waals surface area contributed by atoms with E-state index in [-0.39, 0.29) is 24.3 Å². The van der Waals surface area contributed by atoms with Crippen molar-refractivity contribution in [3.05, 3.63) is 106 Å². The Labute approximate surface area is 282 Å². The standard InChI is InChI=1S/C34H35ClN8O5/c1-23-2-4-24(5-3-23)21-41-16-18-42(19-17-41)32(45)15-12-29(33(46)37-28-10-6-25(7-11-28)34(47)48)38-31(44)14-8-26-20-27(35)9-13-30(26)43-22-36-39-40-43/h2-11,13-14,20,22,29H,12,15-19,21H2,1H3,(H,37,46)(H,38,44)(H,47,48)/b14-8+/t29-/m0/s1. The number of carbonyl (C=O) groups is 4. The first-order valence-corrected chi connectivity index (χ1v) is 15.7. The largest absolute Gasteiger partial charge is 0.478 e. The number of amides is 3. The maximum atomic E-state index is 13.4. The summed E-state index contributed by atoms with van der Waals surface area (Å²) in [6, 6.07) is 18.0. The molecular weight excluding hydrogens is 636 g/mol. The fourth-order valence-corrected chi connectivity index (χ4v) is 5.43. The molecule has 3 aromatic carbocycles. The van der Waals surface area contributed by atoms with Gasteiger partial charge in [0.15, 0.2) is 0 Å². The molecule has 0 bridgehead atoms. The van der Waals surface area contributed by atoms with Gasteiger partial charge < -0.3 is 20.6 Å². The lowest BCUT2D eigenvalue weighted by atomic mass is 10.1. The van der Waals surface area contributed by atoms with E-state index in [1.165, 1.54) is 58.6 Å². The first kappa shape index (κ1) is 33.9. The summed E-state index contributed by atoms with van der Waals surface area (Å²) < 4.78 is 1.42. The Bertz CT molecular complexity index is 1770. The van der Waals surface area contributed by atoms with E-state index in [2.05, 4.69) is 62.2 Å². The molecule has 248 valence electrons. The van der Waals surface area contributed by atoms with Gasteiger partial charge in [-0.15, -0.1) is 5.10 Å². The van der Waals surface area contributed by atoms with Crippen LogP contribution in [0.4, 0.5) is 5.69 Å². The first-order chi connectivity index (χ1) is 23.1. The van der Waals surface area contributed by atoms with E-state index >= 15 is 0 Å². The topological polar surface area (TPSA) is 163 Å². The second-order valence-electron chi connectivity index (χ2n) is 11.4. The summed E-state index contributed by atoms with van der Waals surface area (Å²) >= 11 is 6.19. The third kappa shape index (κ3) is 9.33. The summed E-state index contributed by atoms with van der Waals surface area (Å²) in [6.07, 6.45) is 4.28. The number of aromatic carboxylic acids is 1. The highest BCUT2D eigenvalue weighted by atomic mass is 35.5. The van der Waals surface area contributed by atoms with Crippen LogP contribution < -0.4 is 10.6 Å². The monoisotopic (exact) mass is 670 g/mol. The van der Waals surface area contributed by atoms with E-state index < -0.39 is 23.8 Å². The molecule has 0 unspecified atom stereocenters. The Morgan fingerprint density at radius 3 is 2.38 bits per heavy atom. The Morgan fingerprint density at radius 1 is 0.979 bits per heavy atom. The van der Waals surface area contributed by atoms with Crippen molar-refractivity contribution in [2.24, 2.45) is 0 Å². The van der Waals surface area contributed by atoms with Crippen LogP contribution in [0.5, 0.6) is 0 Å². The Balaban J connectivity index is 1.23. The van der Waals surface area contributed by atoms with Gasteiger partial charge >= 0.3 is 5.97 Å². The van der Waals surface area contributed by atoms with Crippen molar-refractivity contribution < 1.29 is 24.3 Å². The van der Waals surface area contributed by atoms with Gasteiger partial charge in [0.05, 0.1) is 11.3 Å². The van der Waals surface area contributed by atoms with Crippen LogP contribution in [0.2, 0.25) is 5.02 Å². The second kappa shape index (κ2) is 15.9. The van der Waals surface area contributed by atoms with Gasteiger partial charge in [0.1, 0.15) is 12.4 Å². The highest BCUT2D eigenvalue weighted by Gasteiger charge is 2.25. The fourth-order valence-electron chi connectivity index (χ4n) is 5.25. The van der Waals surface area contributed by atoms with Crippen LogP contribution in [0.25, 0.3) is 11.8 Å². The van der Waals surface area contributed by atoms with Gasteiger partial charge in [0, 0.05) is 61.5 Å². The molecule has 2 heterocycles. The Morgan fingerprint density at radius 2 is 1.71 bits per heavy atom. The summed E-state index contributed by atoms with van der Waals surface area (Å²) in [6.45, 7) is 5.45. The number of nitrogens with one attached hydrogen (secondary N) is 2. The van der Waals surface area contributed by atoms with Crippen molar-refractivity contribution in [3.8, 4) is 5.69 Å². The number of aryl methyl sites for hydroxylation is 1. The number of benzene rings is 3. The average molecular weight is 671 g/mol. The number of carboxylic acids is 1. The van der Waals surface area contributed by atoms with E-state index in [0.29, 0.717) is 35.1 Å². The van der Waals surface area contributed by atoms with Crippen LogP contribution >= 0.6 is 11.6 Å². The number of carboxylic acid groups (broad SMARTS) is 1. The number of nitrogens with zero attached hydrogens (tertiary/aromatic N) is 6. The number of rotatable bonds is 12. The molecule has 1 aliphatic heterocycles. The van der Waals surface area contributed by atoms with Crippen LogP contribution in [-0.2, 0) is 20.9 Å². The number of tetrazole rings is 1. The predicted molar refractivity (Wildman–Crippen MR) is 179 cm³/mol. The molecule has 5 rings (SSSR count). The van der Waals surface area contributed by atoms with Crippen molar-refractivity contribution >= 4 is 47.1 Å². The summed E-state index contributed by atoms with van der Waals surface area (Å²) in [5, 5.41) is 26.2. The predicted octanol–water partition coefficient (Wildman–Crippen LogP) is 3.58. The summed E-state index contributed by atoms with van der Waals surface area (Å²) in [7, 11) is 0. The number of hydrogen-bond donors (Lipinski definition) is 3. The Kier molecular flexibility index (Phi) is 11.3. The molecule has 1 atom stereocenters. The molecule has 13 nitrogen and oxygen atoms in total. The van der Waals surface area contributed by atoms with E-state index in [1.807, 2.05) is 0 Å². The molecule has 48 heavy (non-hydrogen) atoms. The maximum absolute atomic E-state index is 13.4. The molecular formula is C34H35ClN8O5. The molecule has 0 saturated carbocycles. The van der Waals surface area contributed by atoms with Gasteiger partial charge in [-0.1, -0.05) is 41.4 Å². The van der Waals surface area contributed by atoms with Crippen LogP contribution in [0.15, 0.2) is 79.1 Å². The Hall–Kier alpha value is -5.40. The zero-order valence-electron chi connectivity index (χ0n) is 26.3. The lowest BCUT2D eigenvalue weighted by Gasteiger charge is -2.35. The highest BCUT2D eigenvalue weighted by molar-refractivity contribution is 6.30. The minimum atomic E-state index is -1.10. The molecule has 3 amide bonds. The molecule has 3 N–H and O–H groups in total. The quantitative estimate of drug-likeness (QED) is 0.191. The van der Waals surface area contributed by atoms with E-state index in [0.717, 1.165) is 19.6 Å². The molecule has 4 aromatic rings.